The van der Waals surface area contributed by atoms with E-state index in [9.17, 15) is 21.6 Å². The topological polar surface area (TPSA) is 63.4 Å². The Kier molecular flexibility index (Phi) is 5.33. The third-order valence-electron chi connectivity index (χ3n) is 4.85. The molecule has 0 aliphatic carbocycles. The number of hydrogen-bond donors (Lipinski definition) is 0. The molecule has 1 aliphatic heterocycles. The minimum atomic E-state index is -4.65. The molecule has 0 N–H and O–H groups in total. The van der Waals surface area contributed by atoms with Crippen LogP contribution in [0.2, 0.25) is 0 Å². The summed E-state index contributed by atoms with van der Waals surface area (Å²) in [6, 6.07) is 11.9. The lowest BCUT2D eigenvalue weighted by Gasteiger charge is -2.26. The summed E-state index contributed by atoms with van der Waals surface area (Å²) < 4.78 is 70.3. The van der Waals surface area contributed by atoms with Crippen LogP contribution < -0.4 is 0 Å². The van der Waals surface area contributed by atoms with Crippen molar-refractivity contribution < 1.29 is 26.1 Å². The van der Waals surface area contributed by atoms with Gasteiger partial charge in [-0.05, 0) is 30.5 Å². The number of halogens is 3. The smallest absolute Gasteiger partial charge is 0.351 e. The fourth-order valence-electron chi connectivity index (χ4n) is 3.29. The zero-order valence-corrected chi connectivity index (χ0v) is 17.4. The Labute approximate surface area is 175 Å². The molecule has 5 nitrogen and oxygen atoms in total. The first-order valence-electron chi connectivity index (χ1n) is 9.05. The average molecular weight is 454 g/mol. The number of thiophene rings is 1. The Morgan fingerprint density at radius 2 is 1.90 bits per heavy atom. The van der Waals surface area contributed by atoms with Gasteiger partial charge in [-0.1, -0.05) is 41.6 Å². The van der Waals surface area contributed by atoms with Crippen molar-refractivity contribution in [2.75, 3.05) is 13.1 Å². The standard InChI is InChI=1S/C20H17F3N2O3S2/c1-13-18(12-17(29-13)16-11-19(28-24-16)20(21,22)23)30(26,27)25-9-7-15(8-10-25)14-5-3-2-4-6-14/h2-7,11-12H,8-10H2,1H3. The summed E-state index contributed by atoms with van der Waals surface area (Å²) in [6.45, 7) is 2.19. The SMILES string of the molecule is Cc1sc(-c2cc(C(F)(F)F)on2)cc1S(=O)(=O)N1CC=C(c2ccccc2)CC1. The Hall–Kier alpha value is -2.43. The van der Waals surface area contributed by atoms with Gasteiger partial charge in [-0.2, -0.15) is 17.5 Å². The van der Waals surface area contributed by atoms with Crippen LogP contribution in [0.15, 0.2) is 58.0 Å². The molecule has 0 fully saturated rings. The summed E-state index contributed by atoms with van der Waals surface area (Å²) in [5.74, 6) is -1.22. The Morgan fingerprint density at radius 1 is 1.17 bits per heavy atom. The maximum atomic E-state index is 13.1. The molecule has 0 atom stereocenters. The quantitative estimate of drug-likeness (QED) is 0.543. The van der Waals surface area contributed by atoms with E-state index < -0.39 is 22.0 Å². The Morgan fingerprint density at radius 3 is 2.50 bits per heavy atom. The van der Waals surface area contributed by atoms with Crippen LogP contribution in [0.5, 0.6) is 0 Å². The number of rotatable bonds is 4. The second-order valence-electron chi connectivity index (χ2n) is 6.81. The van der Waals surface area contributed by atoms with Gasteiger partial charge in [-0.25, -0.2) is 8.42 Å². The van der Waals surface area contributed by atoms with E-state index in [4.69, 9.17) is 0 Å². The molecule has 10 heteroatoms. The first-order valence-corrected chi connectivity index (χ1v) is 11.3. The van der Waals surface area contributed by atoms with Crippen LogP contribution in [0.3, 0.4) is 0 Å². The molecule has 4 rings (SSSR count). The number of hydrogen-bond acceptors (Lipinski definition) is 5. The minimum absolute atomic E-state index is 0.0400. The molecule has 3 heterocycles. The van der Waals surface area contributed by atoms with Crippen molar-refractivity contribution in [3.05, 3.63) is 64.7 Å². The third kappa shape index (κ3) is 3.94. The van der Waals surface area contributed by atoms with Crippen molar-refractivity contribution in [3.63, 3.8) is 0 Å². The van der Waals surface area contributed by atoms with Gasteiger partial charge in [0.1, 0.15) is 5.69 Å². The molecule has 0 unspecified atom stereocenters. The monoisotopic (exact) mass is 454 g/mol. The zero-order chi connectivity index (χ0) is 21.5. The summed E-state index contributed by atoms with van der Waals surface area (Å²) >= 11 is 1.07. The van der Waals surface area contributed by atoms with Crippen LogP contribution in [0.4, 0.5) is 13.2 Å². The summed E-state index contributed by atoms with van der Waals surface area (Å²) in [6.07, 6.45) is -2.17. The molecule has 30 heavy (non-hydrogen) atoms. The Bertz CT molecular complexity index is 1200. The van der Waals surface area contributed by atoms with Gasteiger partial charge in [0, 0.05) is 24.0 Å². The van der Waals surface area contributed by atoms with Crippen LogP contribution in [0, 0.1) is 6.92 Å². The molecular formula is C20H17F3N2O3S2. The van der Waals surface area contributed by atoms with Gasteiger partial charge >= 0.3 is 6.18 Å². The number of nitrogens with zero attached hydrogens (tertiary/aromatic N) is 2. The van der Waals surface area contributed by atoms with Crippen LogP contribution in [-0.4, -0.2) is 31.0 Å². The molecule has 0 saturated heterocycles. The van der Waals surface area contributed by atoms with Crippen LogP contribution in [0.1, 0.15) is 22.6 Å². The van der Waals surface area contributed by atoms with E-state index in [1.165, 1.54) is 10.4 Å². The maximum absolute atomic E-state index is 13.1. The number of benzene rings is 1. The van der Waals surface area contributed by atoms with Crippen molar-refractivity contribution in [2.24, 2.45) is 0 Å². The van der Waals surface area contributed by atoms with Crippen molar-refractivity contribution in [3.8, 4) is 10.6 Å². The predicted octanol–water partition coefficient (Wildman–Crippen LogP) is 5.21. The fraction of sp³-hybridized carbons (Fsp3) is 0.250. The minimum Gasteiger partial charge on any atom is -0.351 e. The van der Waals surface area contributed by atoms with Crippen LogP contribution in [0.25, 0.3) is 16.1 Å². The second-order valence-corrected chi connectivity index (χ2v) is 9.98. The van der Waals surface area contributed by atoms with E-state index in [0.29, 0.717) is 22.7 Å². The highest BCUT2D eigenvalue weighted by Crippen LogP contribution is 2.38. The van der Waals surface area contributed by atoms with E-state index in [1.54, 1.807) is 6.92 Å². The fourth-order valence-corrected chi connectivity index (χ4v) is 6.19. The molecule has 0 spiro atoms. The van der Waals surface area contributed by atoms with Crippen molar-refractivity contribution in [1.82, 2.24) is 9.46 Å². The van der Waals surface area contributed by atoms with Gasteiger partial charge in [-0.15, -0.1) is 11.3 Å². The van der Waals surface area contributed by atoms with Crippen molar-refractivity contribution in [1.29, 1.82) is 0 Å². The van der Waals surface area contributed by atoms with Gasteiger partial charge in [0.2, 0.25) is 15.8 Å². The molecule has 0 saturated carbocycles. The highest BCUT2D eigenvalue weighted by molar-refractivity contribution is 7.89. The van der Waals surface area contributed by atoms with Crippen LogP contribution in [-0.2, 0) is 16.2 Å². The molecule has 0 amide bonds. The van der Waals surface area contributed by atoms with E-state index in [1.807, 2.05) is 36.4 Å². The van der Waals surface area contributed by atoms with Gasteiger partial charge < -0.3 is 4.52 Å². The Balaban J connectivity index is 1.58. The molecule has 0 bridgehead atoms. The summed E-state index contributed by atoms with van der Waals surface area (Å²) in [7, 11) is -3.79. The maximum Gasteiger partial charge on any atom is 0.452 e. The predicted molar refractivity (Wildman–Crippen MR) is 107 cm³/mol. The van der Waals surface area contributed by atoms with Crippen molar-refractivity contribution in [2.45, 2.75) is 24.4 Å². The molecule has 2 aromatic heterocycles. The average Bonchev–Trinajstić information content (AvgIpc) is 3.36. The van der Waals surface area contributed by atoms with Gasteiger partial charge in [0.25, 0.3) is 0 Å². The van der Waals surface area contributed by atoms with Crippen molar-refractivity contribution >= 4 is 26.9 Å². The van der Waals surface area contributed by atoms with E-state index in [2.05, 4.69) is 9.68 Å². The van der Waals surface area contributed by atoms with E-state index in [0.717, 1.165) is 28.5 Å². The molecule has 1 aliphatic rings. The largest absolute Gasteiger partial charge is 0.452 e. The van der Waals surface area contributed by atoms with E-state index in [-0.39, 0.29) is 17.1 Å². The number of sulfonamides is 1. The summed E-state index contributed by atoms with van der Waals surface area (Å²) in [5, 5.41) is 3.44. The normalized spacial score (nSPS) is 15.9. The molecular weight excluding hydrogens is 437 g/mol. The molecule has 3 aromatic rings. The van der Waals surface area contributed by atoms with E-state index >= 15 is 0 Å². The summed E-state index contributed by atoms with van der Waals surface area (Å²) in [5.41, 5.74) is 2.11. The molecule has 1 aromatic carbocycles. The first-order chi connectivity index (χ1) is 14.2. The number of alkyl halides is 3. The van der Waals surface area contributed by atoms with Gasteiger partial charge in [-0.3, -0.25) is 0 Å². The number of aromatic nitrogens is 1. The lowest BCUT2D eigenvalue weighted by Crippen LogP contribution is -2.34. The number of aryl methyl sites for hydroxylation is 1. The highest BCUT2D eigenvalue weighted by Gasteiger charge is 2.37. The lowest BCUT2D eigenvalue weighted by molar-refractivity contribution is -0.155. The first kappa shape index (κ1) is 20.8. The zero-order valence-electron chi connectivity index (χ0n) is 15.8. The summed E-state index contributed by atoms with van der Waals surface area (Å²) in [4.78, 5) is 0.873. The third-order valence-corrected chi connectivity index (χ3v) is 8.04. The molecule has 0 radical (unpaired) electrons. The second kappa shape index (κ2) is 7.68. The van der Waals surface area contributed by atoms with Gasteiger partial charge in [0.05, 0.1) is 9.77 Å². The lowest BCUT2D eigenvalue weighted by atomic mass is 10.0. The highest BCUT2D eigenvalue weighted by atomic mass is 32.2. The van der Waals surface area contributed by atoms with Gasteiger partial charge in [0.15, 0.2) is 0 Å². The van der Waals surface area contributed by atoms with Crippen LogP contribution >= 0.6 is 11.3 Å². The molecule has 158 valence electrons.